The summed E-state index contributed by atoms with van der Waals surface area (Å²) in [5.41, 5.74) is 1.71. The van der Waals surface area contributed by atoms with Crippen molar-refractivity contribution in [3.8, 4) is 17.2 Å². The van der Waals surface area contributed by atoms with Crippen molar-refractivity contribution >= 4 is 11.8 Å². The molecule has 0 aliphatic carbocycles. The van der Waals surface area contributed by atoms with E-state index in [2.05, 4.69) is 20.2 Å². The smallest absolute Gasteiger partial charge is 0.259 e. The molecule has 0 aromatic carbocycles. The predicted octanol–water partition coefficient (Wildman–Crippen LogP) is 2.26. The van der Waals surface area contributed by atoms with Crippen LogP contribution < -0.4 is 0 Å². The highest BCUT2D eigenvalue weighted by molar-refractivity contribution is 7.99. The van der Waals surface area contributed by atoms with Gasteiger partial charge in [-0.2, -0.15) is 21.8 Å². The largest absolute Gasteiger partial charge is 0.379 e. The van der Waals surface area contributed by atoms with Crippen molar-refractivity contribution in [3.05, 3.63) is 41.7 Å². The number of pyridine rings is 1. The molecule has 4 rings (SSSR count). The lowest BCUT2D eigenvalue weighted by atomic mass is 10.0. The van der Waals surface area contributed by atoms with Crippen LogP contribution in [0.25, 0.3) is 17.2 Å². The van der Waals surface area contributed by atoms with E-state index in [0.29, 0.717) is 18.0 Å². The van der Waals surface area contributed by atoms with Gasteiger partial charge in [0, 0.05) is 23.2 Å². The molecule has 1 saturated heterocycles. The quantitative estimate of drug-likeness (QED) is 0.780. The molecule has 1 fully saturated rings. The van der Waals surface area contributed by atoms with Crippen LogP contribution in [0.2, 0.25) is 0 Å². The van der Waals surface area contributed by atoms with Gasteiger partial charge in [0.15, 0.2) is 11.4 Å². The van der Waals surface area contributed by atoms with Crippen LogP contribution in [0, 0.1) is 13.8 Å². The van der Waals surface area contributed by atoms with Crippen LogP contribution >= 0.6 is 11.8 Å². The summed E-state index contributed by atoms with van der Waals surface area (Å²) in [6, 6.07) is 5.74. The summed E-state index contributed by atoms with van der Waals surface area (Å²) in [4.78, 5) is 8.79. The molecule has 24 heavy (non-hydrogen) atoms. The zero-order chi connectivity index (χ0) is 16.7. The molecule has 124 valence electrons. The molecule has 0 saturated carbocycles. The summed E-state index contributed by atoms with van der Waals surface area (Å²) < 4.78 is 7.06. The van der Waals surface area contributed by atoms with E-state index in [0.717, 1.165) is 28.5 Å². The van der Waals surface area contributed by atoms with Crippen molar-refractivity contribution in [3.63, 3.8) is 0 Å². The van der Waals surface area contributed by atoms with Crippen LogP contribution in [-0.2, 0) is 5.60 Å². The molecule has 4 heterocycles. The lowest BCUT2D eigenvalue weighted by Gasteiger charge is -2.14. The van der Waals surface area contributed by atoms with Crippen LogP contribution in [0.3, 0.4) is 0 Å². The van der Waals surface area contributed by atoms with Crippen LogP contribution in [0.5, 0.6) is 0 Å². The van der Waals surface area contributed by atoms with E-state index in [9.17, 15) is 5.11 Å². The van der Waals surface area contributed by atoms with Crippen molar-refractivity contribution in [2.45, 2.75) is 25.9 Å². The summed E-state index contributed by atoms with van der Waals surface area (Å²) >= 11 is 1.68. The van der Waals surface area contributed by atoms with Crippen LogP contribution in [0.4, 0.5) is 0 Å². The van der Waals surface area contributed by atoms with Crippen LogP contribution in [0.1, 0.15) is 23.7 Å². The zero-order valence-corrected chi connectivity index (χ0v) is 14.2. The first-order chi connectivity index (χ1) is 11.5. The number of nitrogens with zero attached hydrogens (tertiary/aromatic N) is 5. The summed E-state index contributed by atoms with van der Waals surface area (Å²) in [7, 11) is 0. The Morgan fingerprint density at radius 3 is 2.83 bits per heavy atom. The second-order valence-electron chi connectivity index (χ2n) is 6.00. The van der Waals surface area contributed by atoms with Crippen molar-refractivity contribution in [1.29, 1.82) is 0 Å². The molecule has 0 radical (unpaired) electrons. The first-order valence-electron chi connectivity index (χ1n) is 7.69. The second kappa shape index (κ2) is 5.71. The fraction of sp³-hybridized carbons (Fsp3) is 0.375. The lowest BCUT2D eigenvalue weighted by molar-refractivity contribution is 0.0307. The minimum absolute atomic E-state index is 0.283. The van der Waals surface area contributed by atoms with Gasteiger partial charge in [0.25, 0.3) is 5.89 Å². The van der Waals surface area contributed by atoms with Crippen molar-refractivity contribution < 1.29 is 9.63 Å². The van der Waals surface area contributed by atoms with E-state index >= 15 is 0 Å². The van der Waals surface area contributed by atoms with Gasteiger partial charge in [0.05, 0.1) is 5.69 Å². The van der Waals surface area contributed by atoms with E-state index in [1.807, 2.05) is 32.0 Å². The standard InChI is InChI=1S/C16H17N5O2S/c1-10-7-11(2)21(19-10)13-4-3-12(8-17-13)14-18-15(23-20-14)16(22)5-6-24-9-16/h3-4,7-8,22H,5-6,9H2,1-2H3/t16-/m1/s1. The Morgan fingerprint density at radius 1 is 1.33 bits per heavy atom. The number of hydrogen-bond acceptors (Lipinski definition) is 7. The van der Waals surface area contributed by atoms with Gasteiger partial charge in [-0.3, -0.25) is 0 Å². The van der Waals surface area contributed by atoms with Gasteiger partial charge in [0.2, 0.25) is 5.82 Å². The fourth-order valence-electron chi connectivity index (χ4n) is 2.76. The number of rotatable bonds is 3. The molecule has 1 aliphatic heterocycles. The van der Waals surface area contributed by atoms with E-state index in [-0.39, 0.29) is 5.89 Å². The van der Waals surface area contributed by atoms with Crippen molar-refractivity contribution in [2.75, 3.05) is 11.5 Å². The number of aromatic nitrogens is 5. The van der Waals surface area contributed by atoms with Gasteiger partial charge in [0.1, 0.15) is 0 Å². The highest BCUT2D eigenvalue weighted by Gasteiger charge is 2.39. The van der Waals surface area contributed by atoms with Crippen LogP contribution in [-0.4, -0.2) is 41.5 Å². The zero-order valence-electron chi connectivity index (χ0n) is 13.4. The highest BCUT2D eigenvalue weighted by Crippen LogP contribution is 2.36. The summed E-state index contributed by atoms with van der Waals surface area (Å²) in [6.07, 6.45) is 2.32. The molecule has 0 unspecified atom stereocenters. The molecule has 7 nitrogen and oxygen atoms in total. The van der Waals surface area contributed by atoms with Gasteiger partial charge < -0.3 is 9.63 Å². The maximum Gasteiger partial charge on any atom is 0.259 e. The topological polar surface area (TPSA) is 89.9 Å². The van der Waals surface area contributed by atoms with Gasteiger partial charge in [-0.1, -0.05) is 5.16 Å². The Kier molecular flexibility index (Phi) is 3.65. The molecule has 3 aromatic rings. The van der Waals surface area contributed by atoms with E-state index in [1.165, 1.54) is 0 Å². The van der Waals surface area contributed by atoms with E-state index in [1.54, 1.807) is 22.6 Å². The van der Waals surface area contributed by atoms with Gasteiger partial charge in [-0.25, -0.2) is 9.67 Å². The van der Waals surface area contributed by atoms with Gasteiger partial charge >= 0.3 is 0 Å². The Hall–Kier alpha value is -2.19. The third-order valence-electron chi connectivity index (χ3n) is 4.06. The lowest BCUT2D eigenvalue weighted by Crippen LogP contribution is -2.25. The predicted molar refractivity (Wildman–Crippen MR) is 90.0 cm³/mol. The number of aliphatic hydroxyl groups is 1. The monoisotopic (exact) mass is 343 g/mol. The Balaban J connectivity index is 1.61. The molecule has 0 bridgehead atoms. The highest BCUT2D eigenvalue weighted by atomic mass is 32.2. The molecule has 1 aliphatic rings. The molecule has 3 aromatic heterocycles. The molecule has 8 heteroatoms. The maximum absolute atomic E-state index is 10.5. The van der Waals surface area contributed by atoms with Crippen molar-refractivity contribution in [1.82, 2.24) is 24.9 Å². The van der Waals surface area contributed by atoms with E-state index < -0.39 is 5.60 Å². The number of hydrogen-bond donors (Lipinski definition) is 1. The minimum atomic E-state index is -1.01. The maximum atomic E-state index is 10.5. The third kappa shape index (κ3) is 2.61. The van der Waals surface area contributed by atoms with Crippen LogP contribution in [0.15, 0.2) is 28.9 Å². The molecule has 1 N–H and O–H groups in total. The molecule has 0 amide bonds. The summed E-state index contributed by atoms with van der Waals surface area (Å²) in [6.45, 7) is 3.94. The molecule has 1 atom stereocenters. The Labute approximate surface area is 143 Å². The average Bonchev–Trinajstić information content (AvgIpc) is 3.28. The first-order valence-corrected chi connectivity index (χ1v) is 8.85. The average molecular weight is 343 g/mol. The second-order valence-corrected chi connectivity index (χ2v) is 7.11. The fourth-order valence-corrected chi connectivity index (χ4v) is 3.99. The number of aryl methyl sites for hydroxylation is 2. The molecular formula is C16H17N5O2S. The normalized spacial score (nSPS) is 20.6. The van der Waals surface area contributed by atoms with Gasteiger partial charge in [-0.05, 0) is 44.2 Å². The Morgan fingerprint density at radius 2 is 2.21 bits per heavy atom. The SMILES string of the molecule is Cc1cc(C)n(-c2ccc(-c3noc([C@@]4(O)CCSC4)n3)cn2)n1. The third-order valence-corrected chi connectivity index (χ3v) is 5.23. The number of thioether (sulfide) groups is 1. The van der Waals surface area contributed by atoms with E-state index in [4.69, 9.17) is 4.52 Å². The van der Waals surface area contributed by atoms with Gasteiger partial charge in [-0.15, -0.1) is 0 Å². The summed E-state index contributed by atoms with van der Waals surface area (Å²) in [5.74, 6) is 2.93. The first kappa shape index (κ1) is 15.3. The Bertz CT molecular complexity index is 865. The minimum Gasteiger partial charge on any atom is -0.379 e. The summed E-state index contributed by atoms with van der Waals surface area (Å²) in [5, 5.41) is 18.9. The molecule has 0 spiro atoms. The van der Waals surface area contributed by atoms with Crippen molar-refractivity contribution in [2.24, 2.45) is 0 Å². The molecular weight excluding hydrogens is 326 g/mol.